The van der Waals surface area contributed by atoms with Gasteiger partial charge in [-0.05, 0) is 31.2 Å². The summed E-state index contributed by atoms with van der Waals surface area (Å²) >= 11 is 0. The molecule has 0 aliphatic carbocycles. The molecule has 0 aliphatic heterocycles. The van der Waals surface area contributed by atoms with Crippen LogP contribution in [0.3, 0.4) is 0 Å². The molecule has 1 N–H and O–H groups in total. The lowest BCUT2D eigenvalue weighted by atomic mass is 10.2. The van der Waals surface area contributed by atoms with Crippen molar-refractivity contribution in [1.29, 1.82) is 0 Å². The monoisotopic (exact) mass is 281 g/mol. The van der Waals surface area contributed by atoms with Gasteiger partial charge in [0.15, 0.2) is 0 Å². The van der Waals surface area contributed by atoms with E-state index in [4.69, 9.17) is 4.74 Å². The Morgan fingerprint density at radius 1 is 1.24 bits per heavy atom. The maximum Gasteiger partial charge on any atom is 0.259 e. The number of carbonyl (C=O) groups excluding carboxylic acids is 1. The standard InChI is InChI=1S/C16H15N3O2/c1-11-10-19-9-5-6-12(15(19)17-11)16(20)18-13-7-3-4-8-14(13)21-2/h3-10H,1-2H3,(H,18,20). The van der Waals surface area contributed by atoms with E-state index in [1.807, 2.05) is 41.9 Å². The first-order valence-corrected chi connectivity index (χ1v) is 6.58. The van der Waals surface area contributed by atoms with Crippen LogP contribution in [0.4, 0.5) is 5.69 Å². The Hall–Kier alpha value is -2.82. The first-order chi connectivity index (χ1) is 10.2. The van der Waals surface area contributed by atoms with E-state index in [2.05, 4.69) is 10.3 Å². The van der Waals surface area contributed by atoms with Gasteiger partial charge in [0.2, 0.25) is 0 Å². The van der Waals surface area contributed by atoms with Crippen molar-refractivity contribution in [2.45, 2.75) is 6.92 Å². The number of carbonyl (C=O) groups is 1. The zero-order chi connectivity index (χ0) is 14.8. The number of nitrogens with one attached hydrogen (secondary N) is 1. The minimum absolute atomic E-state index is 0.212. The number of anilines is 1. The van der Waals surface area contributed by atoms with Crippen LogP contribution >= 0.6 is 0 Å². The van der Waals surface area contributed by atoms with E-state index >= 15 is 0 Å². The molecule has 0 fully saturated rings. The van der Waals surface area contributed by atoms with Crippen LogP contribution in [0.25, 0.3) is 5.65 Å². The van der Waals surface area contributed by atoms with E-state index in [1.165, 1.54) is 0 Å². The molecule has 1 aromatic carbocycles. The highest BCUT2D eigenvalue weighted by Gasteiger charge is 2.14. The minimum Gasteiger partial charge on any atom is -0.495 e. The van der Waals surface area contributed by atoms with Crippen molar-refractivity contribution in [2.75, 3.05) is 12.4 Å². The summed E-state index contributed by atoms with van der Waals surface area (Å²) in [7, 11) is 1.57. The number of amides is 1. The molecule has 0 saturated carbocycles. The van der Waals surface area contributed by atoms with Crippen molar-refractivity contribution in [3.05, 3.63) is 60.0 Å². The van der Waals surface area contributed by atoms with Gasteiger partial charge in [0.25, 0.3) is 5.91 Å². The van der Waals surface area contributed by atoms with E-state index in [9.17, 15) is 4.79 Å². The lowest BCUT2D eigenvalue weighted by Crippen LogP contribution is -2.14. The fourth-order valence-electron chi connectivity index (χ4n) is 2.25. The first kappa shape index (κ1) is 13.2. The van der Waals surface area contributed by atoms with Crippen molar-refractivity contribution in [3.63, 3.8) is 0 Å². The Morgan fingerprint density at radius 2 is 2.05 bits per heavy atom. The number of fused-ring (bicyclic) bond motifs is 1. The zero-order valence-electron chi connectivity index (χ0n) is 11.8. The molecule has 2 heterocycles. The third-order valence-electron chi connectivity index (χ3n) is 3.20. The molecule has 5 nitrogen and oxygen atoms in total. The second-order valence-electron chi connectivity index (χ2n) is 4.69. The van der Waals surface area contributed by atoms with Gasteiger partial charge in [0.05, 0.1) is 24.1 Å². The minimum atomic E-state index is -0.212. The van der Waals surface area contributed by atoms with Crippen LogP contribution in [0.2, 0.25) is 0 Å². The summed E-state index contributed by atoms with van der Waals surface area (Å²) in [5, 5.41) is 2.86. The summed E-state index contributed by atoms with van der Waals surface area (Å²) in [4.78, 5) is 16.9. The molecule has 0 atom stereocenters. The number of aromatic nitrogens is 2. The van der Waals surface area contributed by atoms with E-state index in [0.29, 0.717) is 22.6 Å². The molecule has 0 saturated heterocycles. The molecule has 1 amide bonds. The second-order valence-corrected chi connectivity index (χ2v) is 4.69. The van der Waals surface area contributed by atoms with Crippen molar-refractivity contribution in [3.8, 4) is 5.75 Å². The van der Waals surface area contributed by atoms with Crippen LogP contribution in [-0.2, 0) is 0 Å². The quantitative estimate of drug-likeness (QED) is 0.803. The SMILES string of the molecule is COc1ccccc1NC(=O)c1cccn2cc(C)nc12. The maximum atomic E-state index is 12.5. The van der Waals surface area contributed by atoms with Gasteiger partial charge in [-0.15, -0.1) is 0 Å². The summed E-state index contributed by atoms with van der Waals surface area (Å²) in [5.74, 6) is 0.410. The molecule has 0 bridgehead atoms. The topological polar surface area (TPSA) is 55.6 Å². The van der Waals surface area contributed by atoms with Gasteiger partial charge in [0, 0.05) is 12.4 Å². The summed E-state index contributed by atoms with van der Waals surface area (Å²) in [6.07, 6.45) is 3.75. The van der Waals surface area contributed by atoms with Crippen LogP contribution in [0.1, 0.15) is 16.1 Å². The molecular formula is C16H15N3O2. The fourth-order valence-corrected chi connectivity index (χ4v) is 2.25. The van der Waals surface area contributed by atoms with Crippen LogP contribution in [-0.4, -0.2) is 22.4 Å². The molecule has 106 valence electrons. The number of para-hydroxylation sites is 2. The average molecular weight is 281 g/mol. The maximum absolute atomic E-state index is 12.5. The van der Waals surface area contributed by atoms with Gasteiger partial charge in [-0.3, -0.25) is 4.79 Å². The number of benzene rings is 1. The van der Waals surface area contributed by atoms with Crippen molar-refractivity contribution >= 4 is 17.2 Å². The average Bonchev–Trinajstić information content (AvgIpc) is 2.87. The highest BCUT2D eigenvalue weighted by atomic mass is 16.5. The predicted octanol–water partition coefficient (Wildman–Crippen LogP) is 2.90. The Balaban J connectivity index is 1.97. The van der Waals surface area contributed by atoms with Crippen LogP contribution in [0.5, 0.6) is 5.75 Å². The van der Waals surface area contributed by atoms with Crippen LogP contribution in [0, 0.1) is 6.92 Å². The number of rotatable bonds is 3. The highest BCUT2D eigenvalue weighted by molar-refractivity contribution is 6.08. The van der Waals surface area contributed by atoms with Crippen molar-refractivity contribution in [1.82, 2.24) is 9.38 Å². The van der Waals surface area contributed by atoms with Crippen LogP contribution in [0.15, 0.2) is 48.8 Å². The third-order valence-corrected chi connectivity index (χ3v) is 3.20. The Labute approximate surface area is 122 Å². The fraction of sp³-hybridized carbons (Fsp3) is 0.125. The Bertz CT molecular complexity index is 808. The van der Waals surface area contributed by atoms with Gasteiger partial charge in [-0.1, -0.05) is 12.1 Å². The van der Waals surface area contributed by atoms with Crippen LogP contribution < -0.4 is 10.1 Å². The summed E-state index contributed by atoms with van der Waals surface area (Å²) in [6.45, 7) is 1.90. The van der Waals surface area contributed by atoms with E-state index in [1.54, 1.807) is 25.3 Å². The summed E-state index contributed by atoms with van der Waals surface area (Å²) in [5.41, 5.74) is 2.67. The normalized spacial score (nSPS) is 10.6. The van der Waals surface area contributed by atoms with Crippen molar-refractivity contribution in [2.24, 2.45) is 0 Å². The summed E-state index contributed by atoms with van der Waals surface area (Å²) < 4.78 is 7.08. The predicted molar refractivity (Wildman–Crippen MR) is 80.9 cm³/mol. The number of nitrogens with zero attached hydrogens (tertiary/aromatic N) is 2. The smallest absolute Gasteiger partial charge is 0.259 e. The Morgan fingerprint density at radius 3 is 2.86 bits per heavy atom. The summed E-state index contributed by atoms with van der Waals surface area (Å²) in [6, 6.07) is 10.9. The number of hydrogen-bond acceptors (Lipinski definition) is 3. The largest absolute Gasteiger partial charge is 0.495 e. The second kappa shape index (κ2) is 5.28. The molecule has 5 heteroatoms. The highest BCUT2D eigenvalue weighted by Crippen LogP contribution is 2.24. The van der Waals surface area contributed by atoms with E-state index < -0.39 is 0 Å². The van der Waals surface area contributed by atoms with Gasteiger partial charge in [-0.25, -0.2) is 4.98 Å². The molecule has 0 aliphatic rings. The van der Waals surface area contributed by atoms with Crippen molar-refractivity contribution < 1.29 is 9.53 Å². The van der Waals surface area contributed by atoms with Gasteiger partial charge in [0.1, 0.15) is 11.4 Å². The molecule has 3 rings (SSSR count). The first-order valence-electron chi connectivity index (χ1n) is 6.58. The molecule has 0 unspecified atom stereocenters. The molecule has 2 aromatic heterocycles. The van der Waals surface area contributed by atoms with Gasteiger partial charge in [-0.2, -0.15) is 0 Å². The number of imidazole rings is 1. The lowest BCUT2D eigenvalue weighted by Gasteiger charge is -2.10. The molecular weight excluding hydrogens is 266 g/mol. The van der Waals surface area contributed by atoms with Gasteiger partial charge < -0.3 is 14.5 Å². The number of methoxy groups -OCH3 is 1. The molecule has 0 radical (unpaired) electrons. The molecule has 21 heavy (non-hydrogen) atoms. The third kappa shape index (κ3) is 2.45. The number of aryl methyl sites for hydroxylation is 1. The number of hydrogen-bond donors (Lipinski definition) is 1. The lowest BCUT2D eigenvalue weighted by molar-refractivity contribution is 0.102. The molecule has 3 aromatic rings. The number of ether oxygens (including phenoxy) is 1. The van der Waals surface area contributed by atoms with E-state index in [0.717, 1.165) is 5.69 Å². The van der Waals surface area contributed by atoms with E-state index in [-0.39, 0.29) is 5.91 Å². The zero-order valence-corrected chi connectivity index (χ0v) is 11.8. The Kier molecular flexibility index (Phi) is 3.31. The molecule has 0 spiro atoms. The number of pyridine rings is 1. The van der Waals surface area contributed by atoms with Gasteiger partial charge >= 0.3 is 0 Å².